The number of hydrogen-bond donors (Lipinski definition) is 1. The minimum atomic E-state index is 0.549. The van der Waals surface area contributed by atoms with Gasteiger partial charge in [0.25, 0.3) is 5.89 Å². The van der Waals surface area contributed by atoms with Crippen LogP contribution >= 0.6 is 0 Å². The molecular formula is C16H23N3O. The SMILES string of the molecule is CCCCCCCc1noc(-c2ccc(CN)cc2)n1. The lowest BCUT2D eigenvalue weighted by Gasteiger charge is -1.97. The van der Waals surface area contributed by atoms with Crippen LogP contribution in [0.3, 0.4) is 0 Å². The van der Waals surface area contributed by atoms with Gasteiger partial charge in [-0.15, -0.1) is 0 Å². The molecule has 20 heavy (non-hydrogen) atoms. The Morgan fingerprint density at radius 2 is 1.80 bits per heavy atom. The highest BCUT2D eigenvalue weighted by Gasteiger charge is 2.08. The van der Waals surface area contributed by atoms with E-state index in [1.165, 1.54) is 25.7 Å². The lowest BCUT2D eigenvalue weighted by atomic mass is 10.1. The van der Waals surface area contributed by atoms with Gasteiger partial charge in [0.05, 0.1) is 0 Å². The van der Waals surface area contributed by atoms with Crippen LogP contribution in [0.2, 0.25) is 0 Å². The predicted octanol–water partition coefficient (Wildman–Crippen LogP) is 3.71. The highest BCUT2D eigenvalue weighted by atomic mass is 16.5. The van der Waals surface area contributed by atoms with Gasteiger partial charge in [-0.2, -0.15) is 4.98 Å². The van der Waals surface area contributed by atoms with Gasteiger partial charge >= 0.3 is 0 Å². The van der Waals surface area contributed by atoms with E-state index in [1.807, 2.05) is 24.3 Å². The van der Waals surface area contributed by atoms with Gasteiger partial charge in [0.1, 0.15) is 0 Å². The summed E-state index contributed by atoms with van der Waals surface area (Å²) in [6, 6.07) is 7.93. The largest absolute Gasteiger partial charge is 0.334 e. The first-order valence-corrected chi connectivity index (χ1v) is 7.45. The minimum absolute atomic E-state index is 0.549. The third-order valence-electron chi connectivity index (χ3n) is 3.41. The monoisotopic (exact) mass is 273 g/mol. The molecule has 0 bridgehead atoms. The second kappa shape index (κ2) is 7.80. The molecule has 0 aliphatic carbocycles. The standard InChI is InChI=1S/C16H23N3O/c1-2-3-4-5-6-7-15-18-16(20-19-15)14-10-8-13(12-17)9-11-14/h8-11H,2-7,12,17H2,1H3. The Morgan fingerprint density at radius 1 is 1.05 bits per heavy atom. The molecule has 2 aromatic rings. The molecule has 1 heterocycles. The molecule has 1 aromatic carbocycles. The maximum Gasteiger partial charge on any atom is 0.257 e. The van der Waals surface area contributed by atoms with Crippen LogP contribution < -0.4 is 5.73 Å². The van der Waals surface area contributed by atoms with Crippen molar-refractivity contribution in [3.63, 3.8) is 0 Å². The zero-order valence-electron chi connectivity index (χ0n) is 12.1. The van der Waals surface area contributed by atoms with Gasteiger partial charge in [-0.1, -0.05) is 49.9 Å². The van der Waals surface area contributed by atoms with Gasteiger partial charge in [-0.3, -0.25) is 0 Å². The van der Waals surface area contributed by atoms with Crippen molar-refractivity contribution < 1.29 is 4.52 Å². The fraction of sp³-hybridized carbons (Fsp3) is 0.500. The predicted molar refractivity (Wildman–Crippen MR) is 80.1 cm³/mol. The molecule has 0 radical (unpaired) electrons. The second-order valence-electron chi connectivity index (χ2n) is 5.08. The Kier molecular flexibility index (Phi) is 5.74. The van der Waals surface area contributed by atoms with Crippen molar-refractivity contribution in [3.05, 3.63) is 35.7 Å². The Morgan fingerprint density at radius 3 is 2.50 bits per heavy atom. The molecule has 0 spiro atoms. The Balaban J connectivity index is 1.87. The van der Waals surface area contributed by atoms with E-state index in [0.29, 0.717) is 12.4 Å². The number of benzene rings is 1. The third kappa shape index (κ3) is 4.17. The normalized spacial score (nSPS) is 10.9. The molecule has 4 heteroatoms. The molecule has 0 aliphatic heterocycles. The zero-order chi connectivity index (χ0) is 14.2. The number of aromatic nitrogens is 2. The zero-order valence-corrected chi connectivity index (χ0v) is 12.1. The van der Waals surface area contributed by atoms with Gasteiger partial charge in [-0.05, 0) is 24.1 Å². The molecule has 0 atom stereocenters. The molecule has 108 valence electrons. The van der Waals surface area contributed by atoms with Crippen LogP contribution in [-0.4, -0.2) is 10.1 Å². The number of rotatable bonds is 8. The second-order valence-corrected chi connectivity index (χ2v) is 5.08. The maximum atomic E-state index is 5.58. The summed E-state index contributed by atoms with van der Waals surface area (Å²) in [5.74, 6) is 1.40. The van der Waals surface area contributed by atoms with E-state index in [-0.39, 0.29) is 0 Å². The average molecular weight is 273 g/mol. The van der Waals surface area contributed by atoms with Crippen molar-refractivity contribution >= 4 is 0 Å². The molecule has 0 fully saturated rings. The third-order valence-corrected chi connectivity index (χ3v) is 3.41. The lowest BCUT2D eigenvalue weighted by Crippen LogP contribution is -1.95. The smallest absolute Gasteiger partial charge is 0.257 e. The fourth-order valence-corrected chi connectivity index (χ4v) is 2.14. The van der Waals surface area contributed by atoms with Crippen LogP contribution in [0.5, 0.6) is 0 Å². The highest BCUT2D eigenvalue weighted by Crippen LogP contribution is 2.18. The number of nitrogens with zero attached hydrogens (tertiary/aromatic N) is 2. The van der Waals surface area contributed by atoms with E-state index in [4.69, 9.17) is 10.3 Å². The number of unbranched alkanes of at least 4 members (excludes halogenated alkanes) is 4. The van der Waals surface area contributed by atoms with Gasteiger partial charge in [0, 0.05) is 18.5 Å². The first-order chi connectivity index (χ1) is 9.83. The summed E-state index contributed by atoms with van der Waals surface area (Å²) in [5, 5.41) is 4.04. The molecule has 1 aromatic heterocycles. The van der Waals surface area contributed by atoms with E-state index in [0.717, 1.165) is 29.8 Å². The maximum absolute atomic E-state index is 5.58. The summed E-state index contributed by atoms with van der Waals surface area (Å²) in [6.45, 7) is 2.77. The van der Waals surface area contributed by atoms with Crippen LogP contribution in [0, 0.1) is 0 Å². The molecule has 2 rings (SSSR count). The Labute approximate surface area is 120 Å². The highest BCUT2D eigenvalue weighted by molar-refractivity contribution is 5.53. The molecular weight excluding hydrogens is 250 g/mol. The summed E-state index contributed by atoms with van der Waals surface area (Å²) in [7, 11) is 0. The van der Waals surface area contributed by atoms with Crippen molar-refractivity contribution in [2.75, 3.05) is 0 Å². The summed E-state index contributed by atoms with van der Waals surface area (Å²) in [4.78, 5) is 4.44. The van der Waals surface area contributed by atoms with Crippen LogP contribution in [0.25, 0.3) is 11.5 Å². The van der Waals surface area contributed by atoms with Crippen molar-refractivity contribution in [1.82, 2.24) is 10.1 Å². The van der Waals surface area contributed by atoms with E-state index in [2.05, 4.69) is 17.1 Å². The molecule has 0 aliphatic rings. The lowest BCUT2D eigenvalue weighted by molar-refractivity contribution is 0.421. The number of aryl methyl sites for hydroxylation is 1. The topological polar surface area (TPSA) is 64.9 Å². The van der Waals surface area contributed by atoms with Crippen LogP contribution in [0.15, 0.2) is 28.8 Å². The van der Waals surface area contributed by atoms with Crippen molar-refractivity contribution in [3.8, 4) is 11.5 Å². The number of hydrogen-bond acceptors (Lipinski definition) is 4. The summed E-state index contributed by atoms with van der Waals surface area (Å²) >= 11 is 0. The van der Waals surface area contributed by atoms with Gasteiger partial charge in [0.2, 0.25) is 0 Å². The van der Waals surface area contributed by atoms with E-state index in [1.54, 1.807) is 0 Å². The van der Waals surface area contributed by atoms with Crippen LogP contribution in [0.4, 0.5) is 0 Å². The summed E-state index contributed by atoms with van der Waals surface area (Å²) in [6.07, 6.45) is 7.14. The molecule has 0 unspecified atom stereocenters. The molecule has 0 amide bonds. The molecule has 2 N–H and O–H groups in total. The molecule has 0 saturated carbocycles. The van der Waals surface area contributed by atoms with E-state index < -0.39 is 0 Å². The molecule has 0 saturated heterocycles. The van der Waals surface area contributed by atoms with Gasteiger partial charge in [-0.25, -0.2) is 0 Å². The quantitative estimate of drug-likeness (QED) is 0.745. The minimum Gasteiger partial charge on any atom is -0.334 e. The number of nitrogens with two attached hydrogens (primary N) is 1. The van der Waals surface area contributed by atoms with Crippen LogP contribution in [-0.2, 0) is 13.0 Å². The Hall–Kier alpha value is -1.68. The van der Waals surface area contributed by atoms with E-state index in [9.17, 15) is 0 Å². The van der Waals surface area contributed by atoms with E-state index >= 15 is 0 Å². The average Bonchev–Trinajstić information content (AvgIpc) is 2.96. The van der Waals surface area contributed by atoms with Crippen molar-refractivity contribution in [2.45, 2.75) is 52.0 Å². The van der Waals surface area contributed by atoms with Gasteiger partial charge < -0.3 is 10.3 Å². The first-order valence-electron chi connectivity index (χ1n) is 7.45. The molecule has 4 nitrogen and oxygen atoms in total. The van der Waals surface area contributed by atoms with Crippen molar-refractivity contribution in [1.29, 1.82) is 0 Å². The van der Waals surface area contributed by atoms with Gasteiger partial charge in [0.15, 0.2) is 5.82 Å². The Bertz CT molecular complexity index is 505. The fourth-order valence-electron chi connectivity index (χ4n) is 2.14. The first kappa shape index (κ1) is 14.7. The van der Waals surface area contributed by atoms with Crippen molar-refractivity contribution in [2.24, 2.45) is 5.73 Å². The summed E-state index contributed by atoms with van der Waals surface area (Å²) < 4.78 is 5.31. The van der Waals surface area contributed by atoms with Crippen LogP contribution in [0.1, 0.15) is 50.4 Å². The summed E-state index contributed by atoms with van der Waals surface area (Å²) in [5.41, 5.74) is 7.63.